The molecule has 170 valence electrons. The van der Waals surface area contributed by atoms with Gasteiger partial charge < -0.3 is 0 Å². The zero-order chi connectivity index (χ0) is 25.1. The maximum absolute atomic E-state index is 8.01. The Morgan fingerprint density at radius 2 is 0.750 bits per heavy atom. The van der Waals surface area contributed by atoms with Crippen molar-refractivity contribution < 1.29 is 0 Å². The van der Waals surface area contributed by atoms with E-state index in [9.17, 15) is 0 Å². The molecule has 0 N–H and O–H groups in total. The molecule has 0 spiro atoms. The van der Waals surface area contributed by atoms with Crippen LogP contribution in [-0.2, 0) is 0 Å². The zero-order valence-corrected chi connectivity index (χ0v) is 20.3. The fourth-order valence-corrected chi connectivity index (χ4v) is 4.77. The summed E-state index contributed by atoms with van der Waals surface area (Å²) in [5.41, 5.74) is 11.2. The van der Waals surface area contributed by atoms with Crippen molar-refractivity contribution in [2.75, 3.05) is 0 Å². The molecular formula is C34H24N2. The highest BCUT2D eigenvalue weighted by Gasteiger charge is 2.17. The summed E-state index contributed by atoms with van der Waals surface area (Å²) in [5, 5.41) is 0. The number of rotatable bonds is 4. The minimum Gasteiger partial charge on any atom is -0.237 e. The molecule has 0 fully saturated rings. The molecule has 5 aromatic rings. The molecule has 0 saturated heterocycles. The summed E-state index contributed by atoms with van der Waals surface area (Å²) in [5.74, 6) is 0. The maximum Gasteiger partial charge on any atom is 0.202 e. The van der Waals surface area contributed by atoms with Crippen LogP contribution in [0.3, 0.4) is 0 Å². The van der Waals surface area contributed by atoms with Gasteiger partial charge in [-0.1, -0.05) is 114 Å². The largest absolute Gasteiger partial charge is 0.237 e. The SMILES string of the molecule is [C-]#[N+]c1c(-c2ccccc2)cc(C)cc1-c1cccc(-c2cc(C)cc(-c3ccccc3)c2[N+]#[C-])c1. The van der Waals surface area contributed by atoms with Crippen LogP contribution in [0.15, 0.2) is 109 Å². The van der Waals surface area contributed by atoms with Crippen molar-refractivity contribution in [3.63, 3.8) is 0 Å². The molecule has 0 aliphatic heterocycles. The molecule has 36 heavy (non-hydrogen) atoms. The van der Waals surface area contributed by atoms with Gasteiger partial charge in [-0.2, -0.15) is 0 Å². The van der Waals surface area contributed by atoms with E-state index in [1.54, 1.807) is 0 Å². The van der Waals surface area contributed by atoms with Crippen LogP contribution in [0, 0.1) is 27.0 Å². The van der Waals surface area contributed by atoms with Crippen LogP contribution in [0.4, 0.5) is 11.4 Å². The maximum atomic E-state index is 8.01. The van der Waals surface area contributed by atoms with E-state index in [-0.39, 0.29) is 0 Å². The van der Waals surface area contributed by atoms with Gasteiger partial charge in [-0.15, -0.1) is 0 Å². The number of hydrogen-bond donors (Lipinski definition) is 0. The van der Waals surface area contributed by atoms with Crippen molar-refractivity contribution in [1.29, 1.82) is 0 Å². The highest BCUT2D eigenvalue weighted by atomic mass is 14.7. The minimum absolute atomic E-state index is 0.642. The van der Waals surface area contributed by atoms with Gasteiger partial charge in [-0.3, -0.25) is 0 Å². The predicted octanol–water partition coefficient (Wildman–Crippen LogP) is 10.1. The molecule has 0 radical (unpaired) electrons. The lowest BCUT2D eigenvalue weighted by atomic mass is 9.90. The molecule has 0 unspecified atom stereocenters. The van der Waals surface area contributed by atoms with Crippen molar-refractivity contribution in [3.8, 4) is 44.5 Å². The lowest BCUT2D eigenvalue weighted by Gasteiger charge is -2.15. The molecule has 0 saturated carbocycles. The summed E-state index contributed by atoms with van der Waals surface area (Å²) >= 11 is 0. The normalized spacial score (nSPS) is 10.4. The number of aryl methyl sites for hydroxylation is 2. The van der Waals surface area contributed by atoms with Gasteiger partial charge in [0.15, 0.2) is 0 Å². The van der Waals surface area contributed by atoms with Gasteiger partial charge in [0, 0.05) is 0 Å². The van der Waals surface area contributed by atoms with Crippen LogP contribution in [0.25, 0.3) is 54.2 Å². The highest BCUT2D eigenvalue weighted by molar-refractivity contribution is 5.95. The van der Waals surface area contributed by atoms with Gasteiger partial charge in [-0.25, -0.2) is 9.69 Å². The van der Waals surface area contributed by atoms with Gasteiger partial charge in [0.1, 0.15) is 0 Å². The zero-order valence-electron chi connectivity index (χ0n) is 20.3. The molecule has 0 heterocycles. The van der Waals surface area contributed by atoms with E-state index in [2.05, 4.69) is 53.9 Å². The first-order valence-corrected chi connectivity index (χ1v) is 11.8. The van der Waals surface area contributed by atoms with E-state index in [0.717, 1.165) is 55.6 Å². The third kappa shape index (κ3) is 4.29. The van der Waals surface area contributed by atoms with Crippen molar-refractivity contribution in [2.24, 2.45) is 0 Å². The molecular weight excluding hydrogens is 436 g/mol. The summed E-state index contributed by atoms with van der Waals surface area (Å²) in [4.78, 5) is 7.94. The van der Waals surface area contributed by atoms with E-state index in [1.165, 1.54) is 0 Å². The summed E-state index contributed by atoms with van der Waals surface area (Å²) in [7, 11) is 0. The molecule has 5 rings (SSSR count). The van der Waals surface area contributed by atoms with E-state index in [1.807, 2.05) is 78.9 Å². The second kappa shape index (κ2) is 9.75. The summed E-state index contributed by atoms with van der Waals surface area (Å²) in [6.45, 7) is 20.2. The van der Waals surface area contributed by atoms with Gasteiger partial charge in [0.2, 0.25) is 11.4 Å². The van der Waals surface area contributed by atoms with E-state index in [0.29, 0.717) is 11.4 Å². The first-order valence-electron chi connectivity index (χ1n) is 11.8. The van der Waals surface area contributed by atoms with Crippen LogP contribution >= 0.6 is 0 Å². The number of benzene rings is 5. The highest BCUT2D eigenvalue weighted by Crippen LogP contribution is 2.44. The van der Waals surface area contributed by atoms with E-state index < -0.39 is 0 Å². The Bertz CT molecular complexity index is 1530. The monoisotopic (exact) mass is 460 g/mol. The molecule has 0 aliphatic rings. The van der Waals surface area contributed by atoms with Crippen molar-refractivity contribution in [1.82, 2.24) is 0 Å². The molecule has 0 amide bonds. The second-order valence-electron chi connectivity index (χ2n) is 8.95. The van der Waals surface area contributed by atoms with Gasteiger partial charge in [0.25, 0.3) is 0 Å². The molecule has 2 nitrogen and oxygen atoms in total. The van der Waals surface area contributed by atoms with E-state index in [4.69, 9.17) is 13.1 Å². The molecule has 2 heteroatoms. The van der Waals surface area contributed by atoms with Gasteiger partial charge in [-0.05, 0) is 64.4 Å². The Balaban J connectivity index is 1.70. The topological polar surface area (TPSA) is 8.72 Å². The van der Waals surface area contributed by atoms with Crippen molar-refractivity contribution in [3.05, 3.63) is 143 Å². The Labute approximate surface area is 212 Å². The number of hydrogen-bond acceptors (Lipinski definition) is 0. The van der Waals surface area contributed by atoms with E-state index >= 15 is 0 Å². The molecule has 0 atom stereocenters. The summed E-state index contributed by atoms with van der Waals surface area (Å²) in [6, 6.07) is 36.7. The summed E-state index contributed by atoms with van der Waals surface area (Å²) in [6.07, 6.45) is 0. The Morgan fingerprint density at radius 1 is 0.417 bits per heavy atom. The van der Waals surface area contributed by atoms with Crippen molar-refractivity contribution >= 4 is 11.4 Å². The van der Waals surface area contributed by atoms with Crippen LogP contribution in [0.1, 0.15) is 11.1 Å². The number of nitrogens with zero attached hydrogens (tertiary/aromatic N) is 2. The quantitative estimate of drug-likeness (QED) is 0.236. The average Bonchev–Trinajstić information content (AvgIpc) is 2.93. The molecule has 0 aliphatic carbocycles. The third-order valence-electron chi connectivity index (χ3n) is 6.39. The lowest BCUT2D eigenvalue weighted by molar-refractivity contribution is 1.45. The molecule has 0 bridgehead atoms. The van der Waals surface area contributed by atoms with Crippen LogP contribution < -0.4 is 0 Å². The molecule has 0 aromatic heterocycles. The predicted molar refractivity (Wildman–Crippen MR) is 150 cm³/mol. The molecule has 5 aromatic carbocycles. The summed E-state index contributed by atoms with van der Waals surface area (Å²) < 4.78 is 0. The van der Waals surface area contributed by atoms with Crippen molar-refractivity contribution in [2.45, 2.75) is 13.8 Å². The Hall–Kier alpha value is -4.92. The van der Waals surface area contributed by atoms with Gasteiger partial charge in [0.05, 0.1) is 13.1 Å². The Kier molecular flexibility index (Phi) is 6.19. The van der Waals surface area contributed by atoms with Gasteiger partial charge >= 0.3 is 0 Å². The first-order chi connectivity index (χ1) is 17.6. The fourth-order valence-electron chi connectivity index (χ4n) is 4.77. The second-order valence-corrected chi connectivity index (χ2v) is 8.95. The third-order valence-corrected chi connectivity index (χ3v) is 6.39. The van der Waals surface area contributed by atoms with Crippen LogP contribution in [0.5, 0.6) is 0 Å². The van der Waals surface area contributed by atoms with Crippen LogP contribution in [0.2, 0.25) is 0 Å². The first kappa shape index (κ1) is 22.9. The standard InChI is InChI=1S/C34H24N2/c1-23-18-29(25-12-7-5-8-13-25)33(35-3)31(20-23)27-16-11-17-28(22-27)32-21-24(2)19-30(34(32)36-4)26-14-9-6-10-15-26/h5-22H,1-2H3. The van der Waals surface area contributed by atoms with Crippen LogP contribution in [-0.4, -0.2) is 0 Å². The smallest absolute Gasteiger partial charge is 0.202 e. The average molecular weight is 461 g/mol. The Morgan fingerprint density at radius 3 is 1.11 bits per heavy atom. The minimum atomic E-state index is 0.642. The fraction of sp³-hybridized carbons (Fsp3) is 0.0588. The lowest BCUT2D eigenvalue weighted by Crippen LogP contribution is -1.89.